The molecule has 1 heterocycles. The van der Waals surface area contributed by atoms with Gasteiger partial charge in [0.1, 0.15) is 0 Å². The molecule has 0 aliphatic heterocycles. The van der Waals surface area contributed by atoms with E-state index in [2.05, 4.69) is 4.98 Å². The molecule has 1 aromatic heterocycles. The molecular formula is C15H14F3N. The second-order valence-corrected chi connectivity index (χ2v) is 5.14. The summed E-state index contributed by atoms with van der Waals surface area (Å²) >= 11 is 0. The van der Waals surface area contributed by atoms with Crippen LogP contribution in [0.5, 0.6) is 0 Å². The van der Waals surface area contributed by atoms with E-state index in [0.717, 1.165) is 18.4 Å². The lowest BCUT2D eigenvalue weighted by Crippen LogP contribution is -2.16. The van der Waals surface area contributed by atoms with Crippen molar-refractivity contribution in [2.24, 2.45) is 0 Å². The van der Waals surface area contributed by atoms with Crippen LogP contribution in [0.2, 0.25) is 0 Å². The van der Waals surface area contributed by atoms with Gasteiger partial charge in [0.25, 0.3) is 0 Å². The monoisotopic (exact) mass is 265 g/mol. The molecule has 0 saturated carbocycles. The number of hydrogen-bond donors (Lipinski definition) is 0. The van der Waals surface area contributed by atoms with Crippen LogP contribution in [0, 0.1) is 6.92 Å². The van der Waals surface area contributed by atoms with E-state index in [1.807, 2.05) is 6.07 Å². The fourth-order valence-corrected chi connectivity index (χ4v) is 2.86. The molecule has 100 valence electrons. The quantitative estimate of drug-likeness (QED) is 0.686. The zero-order valence-electron chi connectivity index (χ0n) is 10.6. The number of aryl methyl sites for hydroxylation is 2. The first-order chi connectivity index (χ1) is 8.97. The van der Waals surface area contributed by atoms with E-state index >= 15 is 0 Å². The summed E-state index contributed by atoms with van der Waals surface area (Å²) in [6.07, 6.45) is -1.43. The lowest BCUT2D eigenvalue weighted by atomic mass is 9.89. The highest BCUT2D eigenvalue weighted by Crippen LogP contribution is 2.40. The van der Waals surface area contributed by atoms with Crippen LogP contribution < -0.4 is 0 Å². The summed E-state index contributed by atoms with van der Waals surface area (Å²) in [5.74, 6) is 0. The van der Waals surface area contributed by atoms with Gasteiger partial charge in [0.2, 0.25) is 0 Å². The van der Waals surface area contributed by atoms with Crippen LogP contribution in [0.25, 0.3) is 10.9 Å². The van der Waals surface area contributed by atoms with Crippen molar-refractivity contribution in [3.05, 3.63) is 40.6 Å². The third-order valence-electron chi connectivity index (χ3n) is 3.70. The molecule has 0 fully saturated rings. The number of aromatic nitrogens is 1. The summed E-state index contributed by atoms with van der Waals surface area (Å²) in [5.41, 5.74) is 1.87. The lowest BCUT2D eigenvalue weighted by Gasteiger charge is -2.22. The predicted octanol–water partition coefficient (Wildman–Crippen LogP) is 4.44. The van der Waals surface area contributed by atoms with Crippen LogP contribution in [-0.4, -0.2) is 4.98 Å². The first-order valence-corrected chi connectivity index (χ1v) is 6.46. The van der Waals surface area contributed by atoms with Gasteiger partial charge >= 0.3 is 6.18 Å². The minimum absolute atomic E-state index is 0.244. The fourth-order valence-electron chi connectivity index (χ4n) is 2.86. The Bertz CT molecular complexity index is 644. The number of benzene rings is 1. The summed E-state index contributed by atoms with van der Waals surface area (Å²) in [6.45, 7) is 1.80. The van der Waals surface area contributed by atoms with Crippen molar-refractivity contribution in [2.75, 3.05) is 0 Å². The van der Waals surface area contributed by atoms with Gasteiger partial charge in [-0.25, -0.2) is 0 Å². The number of alkyl halides is 3. The van der Waals surface area contributed by atoms with Crippen LogP contribution in [-0.2, 0) is 19.0 Å². The van der Waals surface area contributed by atoms with Crippen LogP contribution >= 0.6 is 0 Å². The van der Waals surface area contributed by atoms with Crippen molar-refractivity contribution in [1.82, 2.24) is 4.98 Å². The lowest BCUT2D eigenvalue weighted by molar-refractivity contribution is -0.137. The average Bonchev–Trinajstić information content (AvgIpc) is 2.34. The van der Waals surface area contributed by atoms with Gasteiger partial charge in [-0.05, 0) is 50.3 Å². The number of fused-ring (bicyclic) bond motifs is 2. The van der Waals surface area contributed by atoms with E-state index in [9.17, 15) is 13.2 Å². The Labute approximate surface area is 109 Å². The molecule has 2 aromatic rings. The maximum absolute atomic E-state index is 13.4. The summed E-state index contributed by atoms with van der Waals surface area (Å²) in [7, 11) is 0. The topological polar surface area (TPSA) is 12.9 Å². The van der Waals surface area contributed by atoms with Gasteiger partial charge in [-0.15, -0.1) is 0 Å². The van der Waals surface area contributed by atoms with Gasteiger partial charge in [0, 0.05) is 11.1 Å². The standard InChI is InChI=1S/C15H14F3N/c1-9-6-7-13-11(8-9)14(15(16,17)18)10-4-2-3-5-12(10)19-13/h6-8H,2-5H2,1H3. The van der Waals surface area contributed by atoms with E-state index in [4.69, 9.17) is 0 Å². The highest BCUT2D eigenvalue weighted by molar-refractivity contribution is 5.85. The first-order valence-electron chi connectivity index (χ1n) is 6.46. The number of nitrogens with zero attached hydrogens (tertiary/aromatic N) is 1. The Morgan fingerprint density at radius 1 is 1.11 bits per heavy atom. The summed E-state index contributed by atoms with van der Waals surface area (Å²) < 4.78 is 40.2. The van der Waals surface area contributed by atoms with Gasteiger partial charge in [-0.2, -0.15) is 13.2 Å². The number of pyridine rings is 1. The van der Waals surface area contributed by atoms with Crippen LogP contribution in [0.1, 0.15) is 35.2 Å². The highest BCUT2D eigenvalue weighted by atomic mass is 19.4. The van der Waals surface area contributed by atoms with Crippen molar-refractivity contribution in [3.8, 4) is 0 Å². The van der Waals surface area contributed by atoms with Crippen molar-refractivity contribution < 1.29 is 13.2 Å². The highest BCUT2D eigenvalue weighted by Gasteiger charge is 2.37. The van der Waals surface area contributed by atoms with Crippen molar-refractivity contribution in [1.29, 1.82) is 0 Å². The molecule has 0 bridgehead atoms. The summed E-state index contributed by atoms with van der Waals surface area (Å²) in [6, 6.07) is 5.10. The second-order valence-electron chi connectivity index (χ2n) is 5.14. The predicted molar refractivity (Wildman–Crippen MR) is 68.1 cm³/mol. The molecule has 1 nitrogen and oxygen atoms in total. The molecule has 0 radical (unpaired) electrons. The zero-order valence-corrected chi connectivity index (χ0v) is 10.6. The zero-order chi connectivity index (χ0) is 13.6. The van der Waals surface area contributed by atoms with Crippen LogP contribution in [0.4, 0.5) is 13.2 Å². The van der Waals surface area contributed by atoms with Gasteiger partial charge in [-0.1, -0.05) is 11.6 Å². The average molecular weight is 265 g/mol. The van der Waals surface area contributed by atoms with E-state index in [-0.39, 0.29) is 5.39 Å². The van der Waals surface area contributed by atoms with E-state index in [0.29, 0.717) is 29.6 Å². The first kappa shape index (κ1) is 12.5. The molecule has 0 N–H and O–H groups in total. The van der Waals surface area contributed by atoms with Crippen molar-refractivity contribution in [3.63, 3.8) is 0 Å². The summed E-state index contributed by atoms with van der Waals surface area (Å²) in [4.78, 5) is 4.43. The number of hydrogen-bond acceptors (Lipinski definition) is 1. The van der Waals surface area contributed by atoms with E-state index < -0.39 is 11.7 Å². The molecule has 3 rings (SSSR count). The van der Waals surface area contributed by atoms with Crippen molar-refractivity contribution >= 4 is 10.9 Å². The maximum Gasteiger partial charge on any atom is 0.417 e. The third-order valence-corrected chi connectivity index (χ3v) is 3.70. The molecule has 0 saturated heterocycles. The Hall–Kier alpha value is -1.58. The molecule has 1 aliphatic carbocycles. The van der Waals surface area contributed by atoms with Crippen LogP contribution in [0.3, 0.4) is 0 Å². The van der Waals surface area contributed by atoms with Gasteiger partial charge < -0.3 is 0 Å². The summed E-state index contributed by atoms with van der Waals surface area (Å²) in [5, 5.41) is 0.244. The minimum Gasteiger partial charge on any atom is -0.253 e. The Kier molecular flexibility index (Phi) is 2.77. The molecular weight excluding hydrogens is 251 g/mol. The molecule has 0 amide bonds. The molecule has 1 aromatic carbocycles. The molecule has 19 heavy (non-hydrogen) atoms. The van der Waals surface area contributed by atoms with Gasteiger partial charge in [0.05, 0.1) is 11.1 Å². The molecule has 0 unspecified atom stereocenters. The SMILES string of the molecule is Cc1ccc2nc3c(c(C(F)(F)F)c2c1)CCCC3. The van der Waals surface area contributed by atoms with Crippen LogP contribution in [0.15, 0.2) is 18.2 Å². The molecule has 0 atom stereocenters. The maximum atomic E-state index is 13.4. The fraction of sp³-hybridized carbons (Fsp3) is 0.400. The van der Waals surface area contributed by atoms with E-state index in [1.165, 1.54) is 0 Å². The largest absolute Gasteiger partial charge is 0.417 e. The smallest absolute Gasteiger partial charge is 0.253 e. The Morgan fingerprint density at radius 3 is 2.58 bits per heavy atom. The molecule has 1 aliphatic rings. The molecule has 4 heteroatoms. The van der Waals surface area contributed by atoms with Crippen molar-refractivity contribution in [2.45, 2.75) is 38.8 Å². The Balaban J connectivity index is 2.41. The number of halogens is 3. The number of rotatable bonds is 0. The van der Waals surface area contributed by atoms with Gasteiger partial charge in [-0.3, -0.25) is 4.98 Å². The minimum atomic E-state index is -4.31. The third kappa shape index (κ3) is 2.09. The Morgan fingerprint density at radius 2 is 1.84 bits per heavy atom. The molecule has 0 spiro atoms. The normalized spacial score (nSPS) is 15.6. The van der Waals surface area contributed by atoms with E-state index in [1.54, 1.807) is 19.1 Å². The van der Waals surface area contributed by atoms with Gasteiger partial charge in [0.15, 0.2) is 0 Å². The second kappa shape index (κ2) is 4.22.